The first kappa shape index (κ1) is 13.0. The number of rotatable bonds is 4. The van der Waals surface area contributed by atoms with Crippen LogP contribution in [0.5, 0.6) is 0 Å². The molecule has 0 aliphatic carbocycles. The number of nitrogens with one attached hydrogen (secondary N) is 1. The standard InChI is InChI=1S/C13H22N2OS/c1-4-11-6-15-12(16-11)7-14-10-5-13(2,3)9-17-8-10/h6,10,14H,4-5,7-9H2,1-3H3. The van der Waals surface area contributed by atoms with Crippen molar-refractivity contribution in [2.45, 2.75) is 46.2 Å². The minimum atomic E-state index is 0.450. The van der Waals surface area contributed by atoms with Crippen LogP contribution in [0.15, 0.2) is 10.6 Å². The Kier molecular flexibility index (Phi) is 4.15. The van der Waals surface area contributed by atoms with Crippen LogP contribution >= 0.6 is 11.8 Å². The number of hydrogen-bond donors (Lipinski definition) is 1. The third-order valence-electron chi connectivity index (χ3n) is 3.10. The first-order valence-electron chi connectivity index (χ1n) is 6.34. The molecule has 0 bridgehead atoms. The summed E-state index contributed by atoms with van der Waals surface area (Å²) in [7, 11) is 0. The number of thioether (sulfide) groups is 1. The van der Waals surface area contributed by atoms with E-state index in [0.717, 1.165) is 24.6 Å². The number of aromatic nitrogens is 1. The zero-order valence-corrected chi connectivity index (χ0v) is 11.8. The highest BCUT2D eigenvalue weighted by atomic mass is 32.2. The van der Waals surface area contributed by atoms with Crippen LogP contribution in [0.3, 0.4) is 0 Å². The fourth-order valence-corrected chi connectivity index (χ4v) is 3.53. The lowest BCUT2D eigenvalue weighted by Crippen LogP contribution is -2.40. The van der Waals surface area contributed by atoms with E-state index in [1.807, 2.05) is 18.0 Å². The van der Waals surface area contributed by atoms with Gasteiger partial charge in [0.1, 0.15) is 5.76 Å². The largest absolute Gasteiger partial charge is 0.444 e. The molecule has 1 saturated heterocycles. The highest BCUT2D eigenvalue weighted by Gasteiger charge is 2.28. The van der Waals surface area contributed by atoms with Crippen molar-refractivity contribution in [3.05, 3.63) is 17.8 Å². The molecular weight excluding hydrogens is 232 g/mol. The van der Waals surface area contributed by atoms with Crippen molar-refractivity contribution in [1.82, 2.24) is 10.3 Å². The summed E-state index contributed by atoms with van der Waals surface area (Å²) in [6.45, 7) is 7.52. The van der Waals surface area contributed by atoms with E-state index in [1.54, 1.807) is 0 Å². The van der Waals surface area contributed by atoms with Gasteiger partial charge in [-0.15, -0.1) is 0 Å². The third-order valence-corrected chi connectivity index (χ3v) is 4.73. The van der Waals surface area contributed by atoms with E-state index in [4.69, 9.17) is 4.42 Å². The molecule has 1 aromatic heterocycles. The van der Waals surface area contributed by atoms with E-state index < -0.39 is 0 Å². The number of nitrogens with zero attached hydrogens (tertiary/aromatic N) is 1. The molecule has 4 heteroatoms. The number of hydrogen-bond acceptors (Lipinski definition) is 4. The zero-order chi connectivity index (χ0) is 12.3. The van der Waals surface area contributed by atoms with Gasteiger partial charge in [-0.3, -0.25) is 0 Å². The fraction of sp³-hybridized carbons (Fsp3) is 0.769. The minimum Gasteiger partial charge on any atom is -0.444 e. The van der Waals surface area contributed by atoms with Crippen molar-refractivity contribution in [2.24, 2.45) is 5.41 Å². The van der Waals surface area contributed by atoms with E-state index in [1.165, 1.54) is 17.9 Å². The second kappa shape index (κ2) is 5.44. The molecular formula is C13H22N2OS. The van der Waals surface area contributed by atoms with Gasteiger partial charge in [-0.1, -0.05) is 20.8 Å². The average Bonchev–Trinajstić information content (AvgIpc) is 2.73. The van der Waals surface area contributed by atoms with Gasteiger partial charge in [0.05, 0.1) is 12.7 Å². The Balaban J connectivity index is 1.81. The van der Waals surface area contributed by atoms with Gasteiger partial charge in [0.25, 0.3) is 0 Å². The number of aryl methyl sites for hydroxylation is 1. The summed E-state index contributed by atoms with van der Waals surface area (Å²) in [6.07, 6.45) is 3.98. The maximum absolute atomic E-state index is 5.60. The maximum atomic E-state index is 5.60. The maximum Gasteiger partial charge on any atom is 0.208 e. The summed E-state index contributed by atoms with van der Waals surface area (Å²) in [6, 6.07) is 0.584. The second-order valence-electron chi connectivity index (χ2n) is 5.54. The normalized spacial score (nSPS) is 23.8. The molecule has 1 aliphatic heterocycles. The lowest BCUT2D eigenvalue weighted by molar-refractivity contribution is 0.308. The van der Waals surface area contributed by atoms with Crippen LogP contribution in [0.1, 0.15) is 38.8 Å². The van der Waals surface area contributed by atoms with Crippen LogP contribution in [0.4, 0.5) is 0 Å². The van der Waals surface area contributed by atoms with Crippen LogP contribution < -0.4 is 5.32 Å². The van der Waals surface area contributed by atoms with Gasteiger partial charge < -0.3 is 9.73 Å². The predicted octanol–water partition coefficient (Wildman–Crippen LogP) is 2.86. The number of oxazole rings is 1. The molecule has 17 heavy (non-hydrogen) atoms. The zero-order valence-electron chi connectivity index (χ0n) is 11.0. The Morgan fingerprint density at radius 1 is 1.59 bits per heavy atom. The van der Waals surface area contributed by atoms with E-state index in [0.29, 0.717) is 11.5 Å². The lowest BCUT2D eigenvalue weighted by Gasteiger charge is -2.35. The van der Waals surface area contributed by atoms with Gasteiger partial charge in [0, 0.05) is 18.2 Å². The highest BCUT2D eigenvalue weighted by molar-refractivity contribution is 7.99. The predicted molar refractivity (Wildman–Crippen MR) is 72.2 cm³/mol. The molecule has 0 radical (unpaired) electrons. The van der Waals surface area contributed by atoms with Gasteiger partial charge in [-0.2, -0.15) is 11.8 Å². The van der Waals surface area contributed by atoms with E-state index in [2.05, 4.69) is 31.1 Å². The molecule has 1 fully saturated rings. The molecule has 2 heterocycles. The van der Waals surface area contributed by atoms with Crippen LogP contribution in [0.25, 0.3) is 0 Å². The van der Waals surface area contributed by atoms with Gasteiger partial charge in [0.15, 0.2) is 0 Å². The Labute approximate surface area is 108 Å². The first-order chi connectivity index (χ1) is 8.09. The second-order valence-corrected chi connectivity index (χ2v) is 6.57. The minimum absolute atomic E-state index is 0.450. The van der Waals surface area contributed by atoms with Gasteiger partial charge in [-0.25, -0.2) is 4.98 Å². The van der Waals surface area contributed by atoms with Crippen molar-refractivity contribution < 1.29 is 4.42 Å². The van der Waals surface area contributed by atoms with Crippen molar-refractivity contribution in [1.29, 1.82) is 0 Å². The molecule has 1 N–H and O–H groups in total. The molecule has 1 atom stereocenters. The van der Waals surface area contributed by atoms with Gasteiger partial charge in [-0.05, 0) is 17.6 Å². The molecule has 0 saturated carbocycles. The Hall–Kier alpha value is -0.480. The average molecular weight is 254 g/mol. The molecule has 1 unspecified atom stereocenters. The smallest absolute Gasteiger partial charge is 0.208 e. The molecule has 96 valence electrons. The molecule has 0 aromatic carbocycles. The highest BCUT2D eigenvalue weighted by Crippen LogP contribution is 2.33. The van der Waals surface area contributed by atoms with Crippen LogP contribution in [0.2, 0.25) is 0 Å². The Bertz CT molecular complexity index is 362. The summed E-state index contributed by atoms with van der Waals surface area (Å²) in [5, 5.41) is 3.55. The Morgan fingerprint density at radius 2 is 2.41 bits per heavy atom. The van der Waals surface area contributed by atoms with Crippen LogP contribution in [-0.2, 0) is 13.0 Å². The van der Waals surface area contributed by atoms with Crippen LogP contribution in [0, 0.1) is 5.41 Å². The topological polar surface area (TPSA) is 38.1 Å². The molecule has 2 rings (SSSR count). The van der Waals surface area contributed by atoms with E-state index >= 15 is 0 Å². The van der Waals surface area contributed by atoms with E-state index in [9.17, 15) is 0 Å². The van der Waals surface area contributed by atoms with Crippen LogP contribution in [-0.4, -0.2) is 22.5 Å². The lowest BCUT2D eigenvalue weighted by atomic mass is 9.88. The molecule has 3 nitrogen and oxygen atoms in total. The Morgan fingerprint density at radius 3 is 3.06 bits per heavy atom. The molecule has 0 spiro atoms. The molecule has 1 aromatic rings. The van der Waals surface area contributed by atoms with Gasteiger partial charge >= 0.3 is 0 Å². The first-order valence-corrected chi connectivity index (χ1v) is 7.49. The molecule has 1 aliphatic rings. The fourth-order valence-electron chi connectivity index (χ4n) is 2.22. The van der Waals surface area contributed by atoms with Crippen molar-refractivity contribution >= 4 is 11.8 Å². The quantitative estimate of drug-likeness (QED) is 0.896. The van der Waals surface area contributed by atoms with Crippen molar-refractivity contribution in [2.75, 3.05) is 11.5 Å². The summed E-state index contributed by atoms with van der Waals surface area (Å²) in [5.41, 5.74) is 0.450. The summed E-state index contributed by atoms with van der Waals surface area (Å²) in [5.74, 6) is 4.25. The summed E-state index contributed by atoms with van der Waals surface area (Å²) < 4.78 is 5.60. The SMILES string of the molecule is CCc1cnc(CNC2CSCC(C)(C)C2)o1. The summed E-state index contributed by atoms with van der Waals surface area (Å²) in [4.78, 5) is 4.27. The third kappa shape index (κ3) is 3.75. The molecule has 0 amide bonds. The van der Waals surface area contributed by atoms with E-state index in [-0.39, 0.29) is 0 Å². The van der Waals surface area contributed by atoms with Crippen molar-refractivity contribution in [3.63, 3.8) is 0 Å². The van der Waals surface area contributed by atoms with Gasteiger partial charge in [0.2, 0.25) is 5.89 Å². The summed E-state index contributed by atoms with van der Waals surface area (Å²) >= 11 is 2.04. The van der Waals surface area contributed by atoms with Crippen molar-refractivity contribution in [3.8, 4) is 0 Å². The monoisotopic (exact) mass is 254 g/mol.